The highest BCUT2D eigenvalue weighted by molar-refractivity contribution is 7.47. The molecule has 0 fully saturated rings. The smallest absolute Gasteiger partial charge is 0.387 e. The molecule has 77 heavy (non-hydrogen) atoms. The first-order chi connectivity index (χ1) is 37.5. The summed E-state index contributed by atoms with van der Waals surface area (Å²) in [5.41, 5.74) is 0. The number of nitrogens with one attached hydrogen (secondary N) is 1. The number of rotatable bonds is 63. The number of aliphatic hydroxyl groups excluding tert-OH is 1. The number of allylic oxidation sites excluding steroid dienone is 5. The van der Waals surface area contributed by atoms with E-state index in [1.165, 1.54) is 276 Å². The number of nitrogens with zero attached hydrogens (tertiary/aromatic N) is 1. The molecule has 0 heterocycles. The van der Waals surface area contributed by atoms with E-state index >= 15 is 0 Å². The van der Waals surface area contributed by atoms with E-state index in [2.05, 4.69) is 43.5 Å². The Morgan fingerprint density at radius 3 is 1.04 bits per heavy atom. The number of phosphoric ester groups is 1. The molecule has 0 aliphatic heterocycles. The maximum Gasteiger partial charge on any atom is 0.472 e. The van der Waals surface area contributed by atoms with Crippen molar-refractivity contribution in [1.82, 2.24) is 5.32 Å². The SMILES string of the molecule is CCCCCC/C=C/CC/C=C/CC/C=C/C(O)C(COP(=O)(O)OCC[N+](C)(C)C)NC(=O)CCCCCCCCCCCCCCCCCCCCCCCCCCCCCCCCCCCCCCCCCCC. The van der Waals surface area contributed by atoms with Crippen LogP contribution in [0.4, 0.5) is 0 Å². The zero-order chi connectivity index (χ0) is 56.3. The number of phosphoric acid groups is 1. The predicted molar refractivity (Wildman–Crippen MR) is 337 cm³/mol. The summed E-state index contributed by atoms with van der Waals surface area (Å²) < 4.78 is 23.7. The minimum Gasteiger partial charge on any atom is -0.387 e. The standard InChI is InChI=1S/C68H133N2O6P/c1-6-8-10-12-14-16-18-20-22-23-24-25-26-27-28-29-30-31-32-33-34-35-36-37-38-39-40-41-42-43-44-45-46-47-48-50-52-54-56-58-60-62-68(72)69-66(65-76-77(73,74)75-64-63-70(3,4)5)67(71)61-59-57-55-53-51-49-21-19-17-15-13-11-9-7-2/h17,19,51,53,59,61,66-67,71H,6-16,18,20-50,52,54-58,60,62-65H2,1-5H3,(H-,69,72,73,74)/p+1/b19-17+,53-51+,61-59+. The van der Waals surface area contributed by atoms with Crippen LogP contribution in [0.5, 0.6) is 0 Å². The van der Waals surface area contributed by atoms with Crippen molar-refractivity contribution in [3.8, 4) is 0 Å². The lowest BCUT2D eigenvalue weighted by molar-refractivity contribution is -0.870. The Morgan fingerprint density at radius 1 is 0.429 bits per heavy atom. The van der Waals surface area contributed by atoms with Crippen molar-refractivity contribution in [1.29, 1.82) is 0 Å². The molecule has 8 nitrogen and oxygen atoms in total. The van der Waals surface area contributed by atoms with Crippen molar-refractivity contribution >= 4 is 13.7 Å². The first-order valence-corrected chi connectivity index (χ1v) is 35.4. The van der Waals surface area contributed by atoms with Crippen LogP contribution in [0.15, 0.2) is 36.5 Å². The third-order valence-electron chi connectivity index (χ3n) is 15.6. The number of amides is 1. The molecule has 1 amide bonds. The fourth-order valence-electron chi connectivity index (χ4n) is 10.3. The van der Waals surface area contributed by atoms with Gasteiger partial charge in [0, 0.05) is 6.42 Å². The second-order valence-electron chi connectivity index (χ2n) is 24.5. The maximum absolute atomic E-state index is 13.0. The van der Waals surface area contributed by atoms with Gasteiger partial charge < -0.3 is 19.8 Å². The first kappa shape index (κ1) is 75.7. The van der Waals surface area contributed by atoms with Gasteiger partial charge in [-0.05, 0) is 44.9 Å². The van der Waals surface area contributed by atoms with Crippen molar-refractivity contribution < 1.29 is 32.9 Å². The van der Waals surface area contributed by atoms with E-state index in [-0.39, 0.29) is 19.1 Å². The molecule has 0 rings (SSSR count). The Labute approximate surface area is 480 Å². The molecular weight excluding hydrogens is 972 g/mol. The number of carbonyl (C=O) groups is 1. The number of carbonyl (C=O) groups excluding carboxylic acids is 1. The molecule has 456 valence electrons. The Morgan fingerprint density at radius 2 is 0.714 bits per heavy atom. The van der Waals surface area contributed by atoms with Crippen LogP contribution in [0.2, 0.25) is 0 Å². The Hall–Kier alpha value is -1.28. The summed E-state index contributed by atoms with van der Waals surface area (Å²) in [4.78, 5) is 23.3. The molecule has 9 heteroatoms. The summed E-state index contributed by atoms with van der Waals surface area (Å²) in [5.74, 6) is -0.186. The van der Waals surface area contributed by atoms with E-state index in [0.717, 1.165) is 44.9 Å². The summed E-state index contributed by atoms with van der Waals surface area (Å²) in [5, 5.41) is 13.9. The number of likely N-dealkylation sites (N-methyl/N-ethyl adjacent to an activating group) is 1. The van der Waals surface area contributed by atoms with Gasteiger partial charge in [0.1, 0.15) is 13.2 Å². The fourth-order valence-corrected chi connectivity index (χ4v) is 11.1. The largest absolute Gasteiger partial charge is 0.472 e. The predicted octanol–water partition coefficient (Wildman–Crippen LogP) is 21.3. The molecule has 0 spiro atoms. The lowest BCUT2D eigenvalue weighted by Crippen LogP contribution is -2.45. The van der Waals surface area contributed by atoms with Gasteiger partial charge in [0.15, 0.2) is 0 Å². The van der Waals surface area contributed by atoms with Crippen LogP contribution in [0.3, 0.4) is 0 Å². The minimum absolute atomic E-state index is 0.0550. The lowest BCUT2D eigenvalue weighted by Gasteiger charge is -2.25. The molecule has 0 saturated carbocycles. The summed E-state index contributed by atoms with van der Waals surface area (Å²) in [6, 6.07) is -0.868. The van der Waals surface area contributed by atoms with Gasteiger partial charge >= 0.3 is 7.82 Å². The third kappa shape index (κ3) is 62.2. The molecule has 0 aliphatic rings. The zero-order valence-corrected chi connectivity index (χ0v) is 53.1. The lowest BCUT2D eigenvalue weighted by atomic mass is 10.0. The highest BCUT2D eigenvalue weighted by Crippen LogP contribution is 2.43. The molecule has 0 aromatic rings. The van der Waals surface area contributed by atoms with Crippen LogP contribution in [-0.2, 0) is 18.4 Å². The minimum atomic E-state index is -4.36. The van der Waals surface area contributed by atoms with Gasteiger partial charge in [0.25, 0.3) is 0 Å². The average Bonchev–Trinajstić information content (AvgIpc) is 3.39. The van der Waals surface area contributed by atoms with Crippen LogP contribution < -0.4 is 5.32 Å². The van der Waals surface area contributed by atoms with E-state index in [4.69, 9.17) is 9.05 Å². The second kappa shape index (κ2) is 59.3. The van der Waals surface area contributed by atoms with Crippen LogP contribution in [0, 0.1) is 0 Å². The van der Waals surface area contributed by atoms with E-state index in [1.807, 2.05) is 27.2 Å². The van der Waals surface area contributed by atoms with Crippen LogP contribution in [-0.4, -0.2) is 73.4 Å². The van der Waals surface area contributed by atoms with Gasteiger partial charge in [-0.25, -0.2) is 4.57 Å². The molecule has 0 saturated heterocycles. The maximum atomic E-state index is 13.0. The monoisotopic (exact) mass is 1110 g/mol. The van der Waals surface area contributed by atoms with Crippen LogP contribution >= 0.6 is 7.82 Å². The first-order valence-electron chi connectivity index (χ1n) is 33.9. The van der Waals surface area contributed by atoms with Crippen LogP contribution in [0.1, 0.15) is 341 Å². The summed E-state index contributed by atoms with van der Waals surface area (Å²) in [6.45, 7) is 4.80. The van der Waals surface area contributed by atoms with E-state index < -0.39 is 20.0 Å². The van der Waals surface area contributed by atoms with Gasteiger partial charge in [-0.2, -0.15) is 0 Å². The molecule has 0 aromatic carbocycles. The molecule has 0 aliphatic carbocycles. The molecule has 3 unspecified atom stereocenters. The summed E-state index contributed by atoms with van der Waals surface area (Å²) >= 11 is 0. The highest BCUT2D eigenvalue weighted by atomic mass is 31.2. The number of hydrogen-bond donors (Lipinski definition) is 3. The number of unbranched alkanes of at least 4 members (excludes halogenated alkanes) is 46. The van der Waals surface area contributed by atoms with Crippen molar-refractivity contribution in [2.75, 3.05) is 40.9 Å². The van der Waals surface area contributed by atoms with Gasteiger partial charge in [0.05, 0.1) is 39.9 Å². The van der Waals surface area contributed by atoms with Crippen molar-refractivity contribution in [2.45, 2.75) is 353 Å². The van der Waals surface area contributed by atoms with Crippen molar-refractivity contribution in [2.24, 2.45) is 0 Å². The number of hydrogen-bond acceptors (Lipinski definition) is 5. The van der Waals surface area contributed by atoms with Crippen LogP contribution in [0.25, 0.3) is 0 Å². The van der Waals surface area contributed by atoms with Gasteiger partial charge in [-0.1, -0.05) is 326 Å². The molecular formula is C68H134N2O6P+. The van der Waals surface area contributed by atoms with E-state index in [9.17, 15) is 19.4 Å². The average molecular weight is 1110 g/mol. The summed E-state index contributed by atoms with van der Waals surface area (Å²) in [7, 11) is 1.56. The van der Waals surface area contributed by atoms with E-state index in [0.29, 0.717) is 17.4 Å². The van der Waals surface area contributed by atoms with E-state index in [1.54, 1.807) is 6.08 Å². The second-order valence-corrected chi connectivity index (χ2v) is 26.0. The Balaban J connectivity index is 3.83. The molecule has 0 radical (unpaired) electrons. The number of aliphatic hydroxyl groups is 1. The number of quaternary nitrogens is 1. The molecule has 3 atom stereocenters. The topological polar surface area (TPSA) is 105 Å². The Kier molecular flexibility index (Phi) is 58.4. The highest BCUT2D eigenvalue weighted by Gasteiger charge is 2.28. The third-order valence-corrected chi connectivity index (χ3v) is 16.6. The normalized spacial score (nSPS) is 13.9. The van der Waals surface area contributed by atoms with Gasteiger partial charge in [0.2, 0.25) is 5.91 Å². The van der Waals surface area contributed by atoms with Gasteiger partial charge in [-0.15, -0.1) is 0 Å². The fraction of sp³-hybridized carbons (Fsp3) is 0.897. The summed E-state index contributed by atoms with van der Waals surface area (Å²) in [6.07, 6.45) is 79.0. The molecule has 0 aromatic heterocycles. The van der Waals surface area contributed by atoms with Gasteiger partial charge in [-0.3, -0.25) is 13.8 Å². The van der Waals surface area contributed by atoms with Crippen molar-refractivity contribution in [3.05, 3.63) is 36.5 Å². The molecule has 3 N–H and O–H groups in total. The molecule has 0 bridgehead atoms. The zero-order valence-electron chi connectivity index (χ0n) is 52.2. The van der Waals surface area contributed by atoms with Crippen molar-refractivity contribution in [3.63, 3.8) is 0 Å². The Bertz CT molecular complexity index is 1350. The quantitative estimate of drug-likeness (QED) is 0.0243.